The van der Waals surface area contributed by atoms with Crippen LogP contribution in [-0.4, -0.2) is 54.2 Å². The molecule has 0 unspecified atom stereocenters. The number of nitrogens with zero attached hydrogens (tertiary/aromatic N) is 2. The van der Waals surface area contributed by atoms with E-state index in [9.17, 15) is 0 Å². The highest BCUT2D eigenvalue weighted by molar-refractivity contribution is 9.11. The molecule has 102 valence electrons. The Morgan fingerprint density at radius 3 is 2.44 bits per heavy atom. The van der Waals surface area contributed by atoms with Crippen molar-refractivity contribution in [2.24, 2.45) is 0 Å². The Morgan fingerprint density at radius 1 is 1.11 bits per heavy atom. The van der Waals surface area contributed by atoms with Gasteiger partial charge < -0.3 is 10.0 Å². The van der Waals surface area contributed by atoms with Crippen LogP contribution in [0.1, 0.15) is 17.7 Å². The zero-order chi connectivity index (χ0) is 12.8. The van der Waals surface area contributed by atoms with Gasteiger partial charge in [0.1, 0.15) is 0 Å². The monoisotopic (exact) mass is 332 g/mol. The van der Waals surface area contributed by atoms with Crippen molar-refractivity contribution in [1.29, 1.82) is 0 Å². The second kappa shape index (κ2) is 7.60. The van der Waals surface area contributed by atoms with Gasteiger partial charge in [0.05, 0.1) is 3.79 Å². The molecule has 1 aliphatic rings. The number of aliphatic hydroxyl groups excluding tert-OH is 1. The molecule has 0 saturated carbocycles. The SMILES string of the molecule is OCCCCN1CCN(Cc2ccc(Br)s2)CC1. The summed E-state index contributed by atoms with van der Waals surface area (Å²) in [5.41, 5.74) is 0. The molecule has 18 heavy (non-hydrogen) atoms. The molecule has 2 heterocycles. The zero-order valence-electron chi connectivity index (χ0n) is 10.6. The van der Waals surface area contributed by atoms with Crippen molar-refractivity contribution >= 4 is 27.3 Å². The summed E-state index contributed by atoms with van der Waals surface area (Å²) in [5.74, 6) is 0. The molecule has 1 aromatic rings. The largest absolute Gasteiger partial charge is 0.396 e. The lowest BCUT2D eigenvalue weighted by Gasteiger charge is -2.34. The highest BCUT2D eigenvalue weighted by Gasteiger charge is 2.16. The molecule has 3 nitrogen and oxygen atoms in total. The first-order chi connectivity index (χ1) is 8.78. The van der Waals surface area contributed by atoms with Gasteiger partial charge in [-0.3, -0.25) is 4.90 Å². The van der Waals surface area contributed by atoms with Gasteiger partial charge in [0.15, 0.2) is 0 Å². The van der Waals surface area contributed by atoms with Gasteiger partial charge in [0.25, 0.3) is 0 Å². The van der Waals surface area contributed by atoms with Crippen molar-refractivity contribution in [2.75, 3.05) is 39.3 Å². The maximum atomic E-state index is 8.77. The van der Waals surface area contributed by atoms with Crippen molar-refractivity contribution in [3.63, 3.8) is 0 Å². The van der Waals surface area contributed by atoms with Gasteiger partial charge in [-0.1, -0.05) is 0 Å². The van der Waals surface area contributed by atoms with Crippen LogP contribution in [0.2, 0.25) is 0 Å². The predicted molar refractivity (Wildman–Crippen MR) is 80.1 cm³/mol. The summed E-state index contributed by atoms with van der Waals surface area (Å²) in [5, 5.41) is 8.77. The summed E-state index contributed by atoms with van der Waals surface area (Å²) < 4.78 is 1.22. The minimum atomic E-state index is 0.327. The van der Waals surface area contributed by atoms with Crippen LogP contribution in [0.5, 0.6) is 0 Å². The molecular formula is C13H21BrN2OS. The number of hydrogen-bond acceptors (Lipinski definition) is 4. The van der Waals surface area contributed by atoms with Crippen LogP contribution in [0.15, 0.2) is 15.9 Å². The van der Waals surface area contributed by atoms with Crippen molar-refractivity contribution in [2.45, 2.75) is 19.4 Å². The highest BCUT2D eigenvalue weighted by Crippen LogP contribution is 2.23. The Labute approximate surface area is 122 Å². The third kappa shape index (κ3) is 4.63. The number of halogens is 1. The molecule has 0 amide bonds. The van der Waals surface area contributed by atoms with E-state index >= 15 is 0 Å². The second-order valence-corrected chi connectivity index (χ2v) is 7.30. The first-order valence-corrected chi connectivity index (χ1v) is 8.18. The minimum Gasteiger partial charge on any atom is -0.396 e. The number of rotatable bonds is 6. The summed E-state index contributed by atoms with van der Waals surface area (Å²) in [4.78, 5) is 6.48. The summed E-state index contributed by atoms with van der Waals surface area (Å²) >= 11 is 5.35. The molecule has 0 radical (unpaired) electrons. The minimum absolute atomic E-state index is 0.327. The second-order valence-electron chi connectivity index (χ2n) is 4.75. The molecule has 1 N–H and O–H groups in total. The van der Waals surface area contributed by atoms with Crippen molar-refractivity contribution < 1.29 is 5.11 Å². The first kappa shape index (κ1) is 14.5. The van der Waals surface area contributed by atoms with Crippen LogP contribution in [0.4, 0.5) is 0 Å². The van der Waals surface area contributed by atoms with E-state index in [1.807, 2.05) is 11.3 Å². The Hall–Kier alpha value is 0.0600. The third-order valence-corrected chi connectivity index (χ3v) is 4.96. The van der Waals surface area contributed by atoms with Gasteiger partial charge in [-0.05, 0) is 47.4 Å². The normalized spacial score (nSPS) is 18.3. The van der Waals surface area contributed by atoms with Gasteiger partial charge in [-0.15, -0.1) is 11.3 Å². The fraction of sp³-hybridized carbons (Fsp3) is 0.692. The van der Waals surface area contributed by atoms with Crippen LogP contribution in [0.3, 0.4) is 0 Å². The van der Waals surface area contributed by atoms with E-state index in [1.165, 1.54) is 8.66 Å². The zero-order valence-corrected chi connectivity index (χ0v) is 13.0. The number of thiophene rings is 1. The van der Waals surface area contributed by atoms with E-state index in [0.29, 0.717) is 6.61 Å². The standard InChI is InChI=1S/C13H21BrN2OS/c14-13-4-3-12(18-13)11-16-8-6-15(7-9-16)5-1-2-10-17/h3-4,17H,1-2,5-11H2. The molecule has 0 atom stereocenters. The van der Waals surface area contributed by atoms with Gasteiger partial charge in [-0.25, -0.2) is 0 Å². The molecule has 0 aromatic carbocycles. The van der Waals surface area contributed by atoms with Gasteiger partial charge in [-0.2, -0.15) is 0 Å². The van der Waals surface area contributed by atoms with E-state index in [2.05, 4.69) is 37.9 Å². The molecular weight excluding hydrogens is 312 g/mol. The highest BCUT2D eigenvalue weighted by atomic mass is 79.9. The van der Waals surface area contributed by atoms with Crippen LogP contribution in [0, 0.1) is 0 Å². The molecule has 1 fully saturated rings. The van der Waals surface area contributed by atoms with Gasteiger partial charge in [0.2, 0.25) is 0 Å². The average Bonchev–Trinajstić information content (AvgIpc) is 2.77. The Balaban J connectivity index is 1.67. The topological polar surface area (TPSA) is 26.7 Å². The lowest BCUT2D eigenvalue weighted by Crippen LogP contribution is -2.46. The lowest BCUT2D eigenvalue weighted by molar-refractivity contribution is 0.124. The van der Waals surface area contributed by atoms with E-state index in [1.54, 1.807) is 0 Å². The molecule has 1 aromatic heterocycles. The van der Waals surface area contributed by atoms with Crippen LogP contribution < -0.4 is 0 Å². The van der Waals surface area contributed by atoms with Crippen LogP contribution in [0.25, 0.3) is 0 Å². The van der Waals surface area contributed by atoms with E-state index in [0.717, 1.165) is 52.1 Å². The van der Waals surface area contributed by atoms with Gasteiger partial charge in [0, 0.05) is 44.2 Å². The first-order valence-electron chi connectivity index (χ1n) is 6.58. The maximum Gasteiger partial charge on any atom is 0.0701 e. The molecule has 2 rings (SSSR count). The van der Waals surface area contributed by atoms with Gasteiger partial charge >= 0.3 is 0 Å². The van der Waals surface area contributed by atoms with Crippen LogP contribution >= 0.6 is 27.3 Å². The van der Waals surface area contributed by atoms with E-state index < -0.39 is 0 Å². The molecule has 0 bridgehead atoms. The summed E-state index contributed by atoms with van der Waals surface area (Å²) in [6.07, 6.45) is 2.05. The summed E-state index contributed by atoms with van der Waals surface area (Å²) in [6.45, 7) is 7.20. The summed E-state index contributed by atoms with van der Waals surface area (Å²) in [7, 11) is 0. The van der Waals surface area contributed by atoms with Crippen molar-refractivity contribution in [1.82, 2.24) is 9.80 Å². The number of piperazine rings is 1. The quantitative estimate of drug-likeness (QED) is 0.810. The average molecular weight is 333 g/mol. The number of hydrogen-bond donors (Lipinski definition) is 1. The molecule has 0 spiro atoms. The Kier molecular flexibility index (Phi) is 6.11. The predicted octanol–water partition coefficient (Wildman–Crippen LogP) is 2.40. The maximum absolute atomic E-state index is 8.77. The van der Waals surface area contributed by atoms with E-state index in [-0.39, 0.29) is 0 Å². The summed E-state index contributed by atoms with van der Waals surface area (Å²) in [6, 6.07) is 4.34. The fourth-order valence-electron chi connectivity index (χ4n) is 2.28. The fourth-order valence-corrected chi connectivity index (χ4v) is 3.80. The number of unbranched alkanes of at least 4 members (excludes halogenated alkanes) is 1. The van der Waals surface area contributed by atoms with Crippen molar-refractivity contribution in [3.8, 4) is 0 Å². The smallest absolute Gasteiger partial charge is 0.0701 e. The Bertz CT molecular complexity index is 351. The van der Waals surface area contributed by atoms with E-state index in [4.69, 9.17) is 5.11 Å². The lowest BCUT2D eigenvalue weighted by atomic mass is 10.2. The Morgan fingerprint density at radius 2 is 1.83 bits per heavy atom. The molecule has 1 aliphatic heterocycles. The molecule has 5 heteroatoms. The third-order valence-electron chi connectivity index (χ3n) is 3.36. The number of aliphatic hydroxyl groups is 1. The molecule has 0 aliphatic carbocycles. The molecule has 1 saturated heterocycles. The van der Waals surface area contributed by atoms with Crippen LogP contribution in [-0.2, 0) is 6.54 Å². The van der Waals surface area contributed by atoms with Crippen molar-refractivity contribution in [3.05, 3.63) is 20.8 Å².